The van der Waals surface area contributed by atoms with Crippen LogP contribution in [0.5, 0.6) is 0 Å². The van der Waals surface area contributed by atoms with E-state index in [0.29, 0.717) is 18.4 Å². The second-order valence-corrected chi connectivity index (χ2v) is 7.40. The van der Waals surface area contributed by atoms with E-state index in [1.165, 1.54) is 0 Å². The largest absolute Gasteiger partial charge is 0.385 e. The molecule has 0 aliphatic heterocycles. The number of nitrogens with zero attached hydrogens (tertiary/aromatic N) is 4. The molecule has 1 aromatic carbocycles. The quantitative estimate of drug-likeness (QED) is 0.743. The van der Waals surface area contributed by atoms with Crippen molar-refractivity contribution in [3.63, 3.8) is 0 Å². The maximum Gasteiger partial charge on any atom is 0.138 e. The molecule has 0 radical (unpaired) electrons. The minimum absolute atomic E-state index is 0.341. The lowest BCUT2D eigenvalue weighted by Crippen LogP contribution is -2.20. The van der Waals surface area contributed by atoms with Gasteiger partial charge in [-0.25, -0.2) is 4.98 Å². The van der Waals surface area contributed by atoms with Gasteiger partial charge in [-0.05, 0) is 51.0 Å². The van der Waals surface area contributed by atoms with Crippen LogP contribution in [-0.2, 0) is 0 Å². The molecular formula is C21H24N4O. The summed E-state index contributed by atoms with van der Waals surface area (Å²) < 4.78 is 2.27. The third-order valence-electron chi connectivity index (χ3n) is 5.67. The van der Waals surface area contributed by atoms with E-state index in [4.69, 9.17) is 10.2 Å². The zero-order chi connectivity index (χ0) is 18.1. The average Bonchev–Trinajstić information content (AvgIpc) is 3.07. The first-order chi connectivity index (χ1) is 12.7. The lowest BCUT2D eigenvalue weighted by Gasteiger charge is -2.31. The Morgan fingerprint density at radius 2 is 2.00 bits per heavy atom. The third-order valence-corrected chi connectivity index (χ3v) is 5.67. The SMILES string of the molecule is CC(O)c1nc2cnc3ccccc3c2n1C1CCC(CCC#N)CC1. The summed E-state index contributed by atoms with van der Waals surface area (Å²) in [6.45, 7) is 1.78. The fourth-order valence-electron chi connectivity index (χ4n) is 4.37. The van der Waals surface area contributed by atoms with Gasteiger partial charge < -0.3 is 9.67 Å². The van der Waals surface area contributed by atoms with Crippen molar-refractivity contribution < 1.29 is 5.11 Å². The number of hydrogen-bond acceptors (Lipinski definition) is 4. The fraction of sp³-hybridized carbons (Fsp3) is 0.476. The highest BCUT2D eigenvalue weighted by molar-refractivity contribution is 6.02. The molecule has 0 amide bonds. The van der Waals surface area contributed by atoms with E-state index in [2.05, 4.69) is 21.7 Å². The van der Waals surface area contributed by atoms with E-state index in [1.807, 2.05) is 24.4 Å². The van der Waals surface area contributed by atoms with Crippen molar-refractivity contribution in [3.8, 4) is 6.07 Å². The number of pyridine rings is 1. The molecule has 26 heavy (non-hydrogen) atoms. The number of hydrogen-bond donors (Lipinski definition) is 1. The molecule has 1 aliphatic rings. The van der Waals surface area contributed by atoms with Gasteiger partial charge in [-0.1, -0.05) is 18.2 Å². The number of imidazole rings is 1. The minimum atomic E-state index is -0.613. The summed E-state index contributed by atoms with van der Waals surface area (Å²) >= 11 is 0. The van der Waals surface area contributed by atoms with Crippen LogP contribution in [0.25, 0.3) is 21.9 Å². The van der Waals surface area contributed by atoms with Gasteiger partial charge in [0, 0.05) is 17.8 Å². The highest BCUT2D eigenvalue weighted by Gasteiger charge is 2.27. The Hall–Kier alpha value is -2.45. The van der Waals surface area contributed by atoms with Crippen LogP contribution >= 0.6 is 0 Å². The molecule has 0 saturated heterocycles. The highest BCUT2D eigenvalue weighted by Crippen LogP contribution is 2.39. The normalized spacial score (nSPS) is 21.7. The zero-order valence-electron chi connectivity index (χ0n) is 15.1. The van der Waals surface area contributed by atoms with E-state index < -0.39 is 6.10 Å². The molecular weight excluding hydrogens is 324 g/mol. The van der Waals surface area contributed by atoms with Crippen LogP contribution in [0.4, 0.5) is 0 Å². The van der Waals surface area contributed by atoms with Crippen LogP contribution in [-0.4, -0.2) is 19.6 Å². The van der Waals surface area contributed by atoms with Crippen LogP contribution in [0.15, 0.2) is 30.5 Å². The molecule has 0 bridgehead atoms. The Bertz CT molecular complexity index is 961. The smallest absolute Gasteiger partial charge is 0.138 e. The molecule has 1 fully saturated rings. The van der Waals surface area contributed by atoms with Crippen LogP contribution in [0.1, 0.15) is 63.4 Å². The van der Waals surface area contributed by atoms with Crippen LogP contribution in [0.2, 0.25) is 0 Å². The Labute approximate surface area is 153 Å². The monoisotopic (exact) mass is 348 g/mol. The third kappa shape index (κ3) is 2.95. The highest BCUT2D eigenvalue weighted by atomic mass is 16.3. The summed E-state index contributed by atoms with van der Waals surface area (Å²) in [4.78, 5) is 9.24. The number of aliphatic hydroxyl groups excluding tert-OH is 1. The molecule has 5 heteroatoms. The second-order valence-electron chi connectivity index (χ2n) is 7.40. The molecule has 4 rings (SSSR count). The lowest BCUT2D eigenvalue weighted by molar-refractivity contribution is 0.174. The Morgan fingerprint density at radius 1 is 1.23 bits per heavy atom. The average molecular weight is 348 g/mol. The number of benzene rings is 1. The topological polar surface area (TPSA) is 74.7 Å². The standard InChI is InChI=1S/C21H24N4O/c1-14(26)21-24-19-13-23-18-7-3-2-6-17(18)20(19)25(21)16-10-8-15(9-11-16)5-4-12-22/h2-3,6-7,13-16,26H,4-5,8-11H2,1H3. The lowest BCUT2D eigenvalue weighted by atomic mass is 9.83. The minimum Gasteiger partial charge on any atom is -0.385 e. The van der Waals surface area contributed by atoms with E-state index in [1.54, 1.807) is 6.92 Å². The molecule has 1 unspecified atom stereocenters. The summed E-state index contributed by atoms with van der Waals surface area (Å²) in [5.41, 5.74) is 2.90. The van der Waals surface area contributed by atoms with E-state index >= 15 is 0 Å². The molecule has 2 aromatic heterocycles. The molecule has 1 saturated carbocycles. The molecule has 1 atom stereocenters. The number of fused-ring (bicyclic) bond motifs is 3. The Morgan fingerprint density at radius 3 is 2.73 bits per heavy atom. The van der Waals surface area contributed by atoms with E-state index in [-0.39, 0.29) is 0 Å². The van der Waals surface area contributed by atoms with Gasteiger partial charge in [-0.15, -0.1) is 0 Å². The van der Waals surface area contributed by atoms with Crippen molar-refractivity contribution in [3.05, 3.63) is 36.3 Å². The molecule has 1 aliphatic carbocycles. The zero-order valence-corrected chi connectivity index (χ0v) is 15.1. The van der Waals surface area contributed by atoms with Crippen molar-refractivity contribution in [2.75, 3.05) is 0 Å². The van der Waals surface area contributed by atoms with Crippen molar-refractivity contribution in [1.29, 1.82) is 5.26 Å². The molecule has 2 heterocycles. The second kappa shape index (κ2) is 7.05. The van der Waals surface area contributed by atoms with Crippen molar-refractivity contribution in [2.24, 2.45) is 5.92 Å². The number of nitriles is 1. The Balaban J connectivity index is 1.77. The number of aliphatic hydroxyl groups is 1. The van der Waals surface area contributed by atoms with Gasteiger partial charge in [0.2, 0.25) is 0 Å². The molecule has 3 aromatic rings. The number of rotatable bonds is 4. The number of aromatic nitrogens is 3. The predicted molar refractivity (Wildman–Crippen MR) is 102 cm³/mol. The summed E-state index contributed by atoms with van der Waals surface area (Å²) in [7, 11) is 0. The first-order valence-corrected chi connectivity index (χ1v) is 9.49. The van der Waals surface area contributed by atoms with Gasteiger partial charge >= 0.3 is 0 Å². The molecule has 0 spiro atoms. The Kier molecular flexibility index (Phi) is 4.60. The van der Waals surface area contributed by atoms with Crippen LogP contribution in [0.3, 0.4) is 0 Å². The van der Waals surface area contributed by atoms with Gasteiger partial charge in [-0.3, -0.25) is 4.98 Å². The molecule has 134 valence electrons. The first-order valence-electron chi connectivity index (χ1n) is 9.49. The molecule has 5 nitrogen and oxygen atoms in total. The summed E-state index contributed by atoms with van der Waals surface area (Å²) in [5, 5.41) is 20.2. The predicted octanol–water partition coefficient (Wildman–Crippen LogP) is 4.67. The van der Waals surface area contributed by atoms with Crippen molar-refractivity contribution in [2.45, 2.75) is 57.6 Å². The van der Waals surface area contributed by atoms with Gasteiger partial charge in [0.05, 0.1) is 23.3 Å². The van der Waals surface area contributed by atoms with Crippen LogP contribution < -0.4 is 0 Å². The van der Waals surface area contributed by atoms with Crippen molar-refractivity contribution in [1.82, 2.24) is 14.5 Å². The van der Waals surface area contributed by atoms with Gasteiger partial charge in [0.1, 0.15) is 17.4 Å². The van der Waals surface area contributed by atoms with E-state index in [9.17, 15) is 5.11 Å². The number of para-hydroxylation sites is 1. The van der Waals surface area contributed by atoms with Gasteiger partial charge in [-0.2, -0.15) is 5.26 Å². The summed E-state index contributed by atoms with van der Waals surface area (Å²) in [6.07, 6.45) is 7.26. The van der Waals surface area contributed by atoms with Crippen LogP contribution in [0, 0.1) is 17.2 Å². The van der Waals surface area contributed by atoms with Gasteiger partial charge in [0.15, 0.2) is 0 Å². The maximum absolute atomic E-state index is 10.3. The fourth-order valence-corrected chi connectivity index (χ4v) is 4.37. The van der Waals surface area contributed by atoms with E-state index in [0.717, 1.165) is 59.9 Å². The van der Waals surface area contributed by atoms with Gasteiger partial charge in [0.25, 0.3) is 0 Å². The summed E-state index contributed by atoms with van der Waals surface area (Å²) in [5.74, 6) is 1.38. The summed E-state index contributed by atoms with van der Waals surface area (Å²) in [6, 6.07) is 10.7. The van der Waals surface area contributed by atoms with Crippen molar-refractivity contribution >= 4 is 21.9 Å². The first kappa shape index (κ1) is 17.0. The maximum atomic E-state index is 10.3. The molecule has 1 N–H and O–H groups in total.